The van der Waals surface area contributed by atoms with E-state index in [1.165, 1.54) is 18.3 Å². The minimum absolute atomic E-state index is 0.0400. The number of nitrogens with zero attached hydrogens (tertiary/aromatic N) is 2. The van der Waals surface area contributed by atoms with Crippen molar-refractivity contribution in [3.05, 3.63) is 48.4 Å². The van der Waals surface area contributed by atoms with Gasteiger partial charge in [-0.05, 0) is 43.1 Å². The number of aliphatic imine (C=N–C) groups is 1. The van der Waals surface area contributed by atoms with Crippen LogP contribution in [0.25, 0.3) is 0 Å². The van der Waals surface area contributed by atoms with E-state index in [0.717, 1.165) is 5.69 Å². The van der Waals surface area contributed by atoms with Crippen molar-refractivity contribution >= 4 is 12.4 Å². The van der Waals surface area contributed by atoms with E-state index in [1.54, 1.807) is 24.3 Å². The summed E-state index contributed by atoms with van der Waals surface area (Å²) in [4.78, 5) is 7.52. The molecule has 0 amide bonds. The number of hydrogen-bond donors (Lipinski definition) is 0. The molecule has 0 aliphatic rings. The number of ether oxygens (including phenoxy) is 1. The Labute approximate surface area is 92.2 Å². The van der Waals surface area contributed by atoms with Crippen LogP contribution < -0.4 is 4.74 Å². The van der Waals surface area contributed by atoms with Crippen molar-refractivity contribution in [2.45, 2.75) is 0 Å². The summed E-state index contributed by atoms with van der Waals surface area (Å²) in [6, 6.07) is 9.61. The molecule has 0 atom stereocenters. The Morgan fingerprint density at radius 2 is 1.94 bits per heavy atom. The monoisotopic (exact) mass is 216 g/mol. The van der Waals surface area contributed by atoms with Gasteiger partial charge >= 0.3 is 0 Å². The number of rotatable bonds is 3. The molecule has 0 bridgehead atoms. The normalized spacial score (nSPS) is 9.81. The van der Waals surface area contributed by atoms with Gasteiger partial charge in [0.25, 0.3) is 5.88 Å². The molecule has 0 spiro atoms. The molecule has 0 unspecified atom stereocenters. The first-order valence-electron chi connectivity index (χ1n) is 4.65. The third kappa shape index (κ3) is 2.23. The van der Waals surface area contributed by atoms with E-state index in [1.807, 2.05) is 0 Å². The molecule has 16 heavy (non-hydrogen) atoms. The van der Waals surface area contributed by atoms with Crippen LogP contribution in [0.1, 0.15) is 0 Å². The van der Waals surface area contributed by atoms with Crippen molar-refractivity contribution in [2.75, 3.05) is 0 Å². The molecular weight excluding hydrogens is 207 g/mol. The van der Waals surface area contributed by atoms with Crippen molar-refractivity contribution in [2.24, 2.45) is 4.99 Å². The minimum Gasteiger partial charge on any atom is -0.436 e. The summed E-state index contributed by atoms with van der Waals surface area (Å²) in [6.07, 6.45) is 1.47. The first-order chi connectivity index (χ1) is 7.79. The van der Waals surface area contributed by atoms with Crippen LogP contribution in [-0.4, -0.2) is 11.7 Å². The fourth-order valence-corrected chi connectivity index (χ4v) is 1.18. The van der Waals surface area contributed by atoms with Crippen LogP contribution in [0.3, 0.4) is 0 Å². The summed E-state index contributed by atoms with van der Waals surface area (Å²) in [6.45, 7) is 3.40. The Kier molecular flexibility index (Phi) is 2.91. The molecular formula is C12H9FN2O. The van der Waals surface area contributed by atoms with Gasteiger partial charge < -0.3 is 4.74 Å². The highest BCUT2D eigenvalue weighted by Crippen LogP contribution is 2.23. The number of benzene rings is 1. The van der Waals surface area contributed by atoms with Gasteiger partial charge in [-0.2, -0.15) is 0 Å². The van der Waals surface area contributed by atoms with Gasteiger partial charge in [0.15, 0.2) is 5.82 Å². The van der Waals surface area contributed by atoms with Gasteiger partial charge in [0.2, 0.25) is 0 Å². The van der Waals surface area contributed by atoms with Gasteiger partial charge in [-0.1, -0.05) is 0 Å². The minimum atomic E-state index is -0.492. The molecule has 0 fully saturated rings. The van der Waals surface area contributed by atoms with Crippen LogP contribution in [0, 0.1) is 5.82 Å². The molecule has 0 radical (unpaired) electrons. The van der Waals surface area contributed by atoms with Crippen LogP contribution in [0.4, 0.5) is 10.1 Å². The van der Waals surface area contributed by atoms with Gasteiger partial charge in [-0.25, -0.2) is 9.37 Å². The van der Waals surface area contributed by atoms with Gasteiger partial charge in [0, 0.05) is 6.20 Å². The number of pyridine rings is 1. The van der Waals surface area contributed by atoms with Crippen molar-refractivity contribution in [3.8, 4) is 11.6 Å². The molecule has 0 aliphatic carbocycles. The van der Waals surface area contributed by atoms with E-state index in [9.17, 15) is 4.39 Å². The second-order valence-electron chi connectivity index (χ2n) is 3.04. The van der Waals surface area contributed by atoms with Gasteiger partial charge in [0.05, 0.1) is 5.69 Å². The zero-order valence-electron chi connectivity index (χ0n) is 8.43. The lowest BCUT2D eigenvalue weighted by Gasteiger charge is -2.04. The molecule has 2 rings (SSSR count). The fourth-order valence-electron chi connectivity index (χ4n) is 1.18. The highest BCUT2D eigenvalue weighted by Gasteiger charge is 2.04. The van der Waals surface area contributed by atoms with E-state index in [4.69, 9.17) is 4.74 Å². The molecule has 0 N–H and O–H groups in total. The average Bonchev–Trinajstić information content (AvgIpc) is 2.33. The standard InChI is InChI=1S/C12H9FN2O/c1-14-9-4-6-10(7-5-9)16-12-11(13)3-2-8-15-12/h2-8H,1H2. The van der Waals surface area contributed by atoms with Crippen LogP contribution in [0.2, 0.25) is 0 Å². The first kappa shape index (κ1) is 10.3. The summed E-state index contributed by atoms with van der Waals surface area (Å²) in [7, 11) is 0. The molecule has 0 saturated carbocycles. The summed E-state index contributed by atoms with van der Waals surface area (Å²) in [5.74, 6) is -0.0276. The molecule has 0 saturated heterocycles. The first-order valence-corrected chi connectivity index (χ1v) is 4.65. The summed E-state index contributed by atoms with van der Waals surface area (Å²) < 4.78 is 18.5. The Bertz CT molecular complexity index is 497. The van der Waals surface area contributed by atoms with Gasteiger partial charge in [0.1, 0.15) is 5.75 Å². The van der Waals surface area contributed by atoms with E-state index in [-0.39, 0.29) is 5.88 Å². The lowest BCUT2D eigenvalue weighted by molar-refractivity contribution is 0.423. The van der Waals surface area contributed by atoms with Crippen LogP contribution in [-0.2, 0) is 0 Å². The lowest BCUT2D eigenvalue weighted by atomic mass is 10.3. The van der Waals surface area contributed by atoms with E-state index in [2.05, 4.69) is 16.7 Å². The molecule has 80 valence electrons. The summed E-state index contributed by atoms with van der Waals surface area (Å²) >= 11 is 0. The largest absolute Gasteiger partial charge is 0.436 e. The van der Waals surface area contributed by atoms with Crippen molar-refractivity contribution in [3.63, 3.8) is 0 Å². The fraction of sp³-hybridized carbons (Fsp3) is 0. The molecule has 2 aromatic rings. The highest BCUT2D eigenvalue weighted by atomic mass is 19.1. The van der Waals surface area contributed by atoms with Crippen LogP contribution in [0.5, 0.6) is 11.6 Å². The molecule has 1 aromatic heterocycles. The SMILES string of the molecule is C=Nc1ccc(Oc2ncccc2F)cc1. The zero-order chi connectivity index (χ0) is 11.4. The van der Waals surface area contributed by atoms with Crippen LogP contribution in [0.15, 0.2) is 47.6 Å². The maximum atomic E-state index is 13.2. The average molecular weight is 216 g/mol. The predicted octanol–water partition coefficient (Wildman–Crippen LogP) is 3.35. The molecule has 0 aliphatic heterocycles. The molecule has 1 aromatic carbocycles. The molecule has 3 nitrogen and oxygen atoms in total. The van der Waals surface area contributed by atoms with Crippen LogP contribution >= 0.6 is 0 Å². The Balaban J connectivity index is 2.21. The Morgan fingerprint density at radius 1 is 1.19 bits per heavy atom. The smallest absolute Gasteiger partial charge is 0.255 e. The quantitative estimate of drug-likeness (QED) is 0.737. The Morgan fingerprint density at radius 3 is 2.56 bits per heavy atom. The molecule has 1 heterocycles. The summed E-state index contributed by atoms with van der Waals surface area (Å²) in [5.41, 5.74) is 0.730. The third-order valence-electron chi connectivity index (χ3n) is 1.96. The highest BCUT2D eigenvalue weighted by molar-refractivity contribution is 5.47. The van der Waals surface area contributed by atoms with Gasteiger partial charge in [-0.3, -0.25) is 4.99 Å². The number of halogens is 1. The summed E-state index contributed by atoms with van der Waals surface area (Å²) in [5, 5.41) is 0. The lowest BCUT2D eigenvalue weighted by Crippen LogP contribution is -1.90. The second-order valence-corrected chi connectivity index (χ2v) is 3.04. The number of hydrogen-bond acceptors (Lipinski definition) is 3. The third-order valence-corrected chi connectivity index (χ3v) is 1.96. The van der Waals surface area contributed by atoms with Crippen molar-refractivity contribution < 1.29 is 9.13 Å². The van der Waals surface area contributed by atoms with Crippen molar-refractivity contribution in [1.29, 1.82) is 0 Å². The maximum absolute atomic E-state index is 13.2. The van der Waals surface area contributed by atoms with E-state index < -0.39 is 5.82 Å². The van der Waals surface area contributed by atoms with Gasteiger partial charge in [-0.15, -0.1) is 0 Å². The molecule has 4 heteroatoms. The van der Waals surface area contributed by atoms with Crippen molar-refractivity contribution in [1.82, 2.24) is 4.98 Å². The van der Waals surface area contributed by atoms with E-state index >= 15 is 0 Å². The predicted molar refractivity (Wildman–Crippen MR) is 59.9 cm³/mol. The van der Waals surface area contributed by atoms with E-state index in [0.29, 0.717) is 5.75 Å². The zero-order valence-corrected chi connectivity index (χ0v) is 8.43. The Hall–Kier alpha value is -2.23. The second kappa shape index (κ2) is 4.53. The number of aromatic nitrogens is 1. The maximum Gasteiger partial charge on any atom is 0.255 e. The topological polar surface area (TPSA) is 34.5 Å².